The molecule has 0 saturated carbocycles. The molecule has 3 saturated heterocycles. The Morgan fingerprint density at radius 3 is 1.53 bits per heavy atom. The number of nitrogens with zero attached hydrogens (tertiary/aromatic N) is 2. The van der Waals surface area contributed by atoms with Crippen LogP contribution in [0.3, 0.4) is 0 Å². The number of hydroxylamine groups is 3. The lowest BCUT2D eigenvalue weighted by Crippen LogP contribution is -2.66. The summed E-state index contributed by atoms with van der Waals surface area (Å²) in [6.45, 7) is 7.26. The van der Waals surface area contributed by atoms with Crippen molar-refractivity contribution in [2.75, 3.05) is 46.4 Å². The molecule has 2 bridgehead atoms. The third kappa shape index (κ3) is 4.35. The summed E-state index contributed by atoms with van der Waals surface area (Å²) in [5.41, 5.74) is 0. The SMILES string of the molecule is CO[N+]12CCN(CC1)CC2.F[B-](F)(F)F. The van der Waals surface area contributed by atoms with Crippen molar-refractivity contribution >= 4 is 7.25 Å². The van der Waals surface area contributed by atoms with Gasteiger partial charge in [-0.1, -0.05) is 0 Å². The van der Waals surface area contributed by atoms with Crippen molar-refractivity contribution in [3.8, 4) is 0 Å². The molecule has 0 spiro atoms. The standard InChI is InChI=1S/C7H15N2O.BF4/c1-10-9-5-2-8(3-6-9)4-7-9;2-1(3,4)5/h2-7H2,1H3;/q+1;-1. The Bertz CT molecular complexity index is 186. The first-order valence-corrected chi connectivity index (χ1v) is 4.86. The molecule has 0 amide bonds. The van der Waals surface area contributed by atoms with E-state index in [1.54, 1.807) is 0 Å². The van der Waals surface area contributed by atoms with Gasteiger partial charge in [-0.2, -0.15) is 4.65 Å². The average Bonchev–Trinajstić information content (AvgIpc) is 2.18. The molecule has 0 aromatic rings. The lowest BCUT2D eigenvalue weighted by atomic mass is 10.2. The number of quaternary nitrogens is 1. The topological polar surface area (TPSA) is 12.5 Å². The van der Waals surface area contributed by atoms with E-state index in [1.807, 2.05) is 7.11 Å². The third-order valence-electron chi connectivity index (χ3n) is 2.86. The van der Waals surface area contributed by atoms with Gasteiger partial charge in [-0.25, -0.2) is 4.84 Å². The minimum atomic E-state index is -6.00. The molecule has 0 aromatic carbocycles. The monoisotopic (exact) mass is 230 g/mol. The minimum absolute atomic E-state index is 0.913. The fraction of sp³-hybridized carbons (Fsp3) is 1.00. The average molecular weight is 230 g/mol. The quantitative estimate of drug-likeness (QED) is 0.378. The summed E-state index contributed by atoms with van der Waals surface area (Å²) in [6.07, 6.45) is 0. The van der Waals surface area contributed by atoms with Gasteiger partial charge in [0, 0.05) is 0 Å². The first-order valence-electron chi connectivity index (χ1n) is 4.86. The predicted octanol–water partition coefficient (Wildman–Crippen LogP) is 0.994. The maximum Gasteiger partial charge on any atom is 0.673 e. The van der Waals surface area contributed by atoms with Crippen LogP contribution in [-0.2, 0) is 4.84 Å². The first kappa shape index (κ1) is 12.7. The molecule has 0 N–H and O–H groups in total. The highest BCUT2D eigenvalue weighted by Gasteiger charge is 2.39. The Labute approximate surface area is 86.2 Å². The molecule has 3 fully saturated rings. The van der Waals surface area contributed by atoms with Crippen molar-refractivity contribution in [2.45, 2.75) is 0 Å². The number of piperazine rings is 3. The highest BCUT2D eigenvalue weighted by molar-refractivity contribution is 6.50. The molecule has 0 aromatic heterocycles. The van der Waals surface area contributed by atoms with E-state index < -0.39 is 7.25 Å². The summed E-state index contributed by atoms with van der Waals surface area (Å²) in [4.78, 5) is 7.99. The van der Waals surface area contributed by atoms with Crippen LogP contribution in [0.1, 0.15) is 0 Å². The fourth-order valence-electron chi connectivity index (χ4n) is 1.92. The van der Waals surface area contributed by atoms with Crippen LogP contribution in [0.25, 0.3) is 0 Å². The molecule has 3 aliphatic heterocycles. The van der Waals surface area contributed by atoms with Crippen molar-refractivity contribution in [1.82, 2.24) is 4.90 Å². The van der Waals surface area contributed by atoms with Gasteiger partial charge in [-0.15, -0.1) is 0 Å². The van der Waals surface area contributed by atoms with E-state index in [0.29, 0.717) is 0 Å². The van der Waals surface area contributed by atoms with Crippen LogP contribution < -0.4 is 0 Å². The maximum absolute atomic E-state index is 9.75. The van der Waals surface area contributed by atoms with Crippen LogP contribution in [0.15, 0.2) is 0 Å². The van der Waals surface area contributed by atoms with Gasteiger partial charge in [0.1, 0.15) is 19.6 Å². The highest BCUT2D eigenvalue weighted by Crippen LogP contribution is 2.18. The zero-order valence-electron chi connectivity index (χ0n) is 8.63. The molecule has 0 aliphatic carbocycles. The Morgan fingerprint density at radius 1 is 1.00 bits per heavy atom. The smallest absolute Gasteiger partial charge is 0.418 e. The molecule has 3 heterocycles. The van der Waals surface area contributed by atoms with Gasteiger partial charge in [-0.3, -0.25) is 4.90 Å². The van der Waals surface area contributed by atoms with Crippen molar-refractivity contribution in [3.05, 3.63) is 0 Å². The summed E-state index contributed by atoms with van der Waals surface area (Å²) in [5.74, 6) is 0. The van der Waals surface area contributed by atoms with E-state index in [2.05, 4.69) is 4.90 Å². The maximum atomic E-state index is 9.75. The van der Waals surface area contributed by atoms with E-state index >= 15 is 0 Å². The summed E-state index contributed by atoms with van der Waals surface area (Å²) in [6, 6.07) is 0. The molecule has 15 heavy (non-hydrogen) atoms. The number of fused-ring (bicyclic) bond motifs is 3. The predicted molar refractivity (Wildman–Crippen MR) is 48.5 cm³/mol. The third-order valence-corrected chi connectivity index (χ3v) is 2.86. The number of hydrogen-bond acceptors (Lipinski definition) is 2. The lowest BCUT2D eigenvalue weighted by Gasteiger charge is -2.46. The molecule has 3 aliphatic rings. The number of halogens is 4. The second kappa shape index (κ2) is 4.67. The van der Waals surface area contributed by atoms with Gasteiger partial charge in [0.25, 0.3) is 0 Å². The van der Waals surface area contributed by atoms with Gasteiger partial charge in [0.05, 0.1) is 26.7 Å². The van der Waals surface area contributed by atoms with Gasteiger partial charge in [0.15, 0.2) is 0 Å². The van der Waals surface area contributed by atoms with Crippen molar-refractivity contribution in [1.29, 1.82) is 0 Å². The Morgan fingerprint density at radius 2 is 1.33 bits per heavy atom. The van der Waals surface area contributed by atoms with Gasteiger partial charge in [0.2, 0.25) is 0 Å². The van der Waals surface area contributed by atoms with E-state index in [1.165, 1.54) is 39.3 Å². The summed E-state index contributed by atoms with van der Waals surface area (Å²) < 4.78 is 39.9. The van der Waals surface area contributed by atoms with E-state index in [4.69, 9.17) is 4.84 Å². The first-order chi connectivity index (χ1) is 6.85. The summed E-state index contributed by atoms with van der Waals surface area (Å²) in [7, 11) is -4.17. The largest absolute Gasteiger partial charge is 0.673 e. The highest BCUT2D eigenvalue weighted by atomic mass is 19.5. The Kier molecular flexibility index (Phi) is 3.96. The molecule has 0 atom stereocenters. The van der Waals surface area contributed by atoms with E-state index in [-0.39, 0.29) is 0 Å². The van der Waals surface area contributed by atoms with Crippen molar-refractivity contribution < 1.29 is 26.7 Å². The summed E-state index contributed by atoms with van der Waals surface area (Å²) >= 11 is 0. The van der Waals surface area contributed by atoms with Gasteiger partial charge < -0.3 is 17.3 Å². The zero-order valence-corrected chi connectivity index (χ0v) is 8.63. The Balaban J connectivity index is 0.000000195. The van der Waals surface area contributed by atoms with Crippen LogP contribution in [0.2, 0.25) is 0 Å². The second-order valence-electron chi connectivity index (χ2n) is 3.75. The molecular weight excluding hydrogens is 215 g/mol. The minimum Gasteiger partial charge on any atom is -0.418 e. The van der Waals surface area contributed by atoms with E-state index in [0.717, 1.165) is 4.65 Å². The number of hydrogen-bond donors (Lipinski definition) is 0. The molecule has 0 radical (unpaired) electrons. The van der Waals surface area contributed by atoms with Crippen LogP contribution in [0.4, 0.5) is 17.3 Å². The Hall–Kier alpha value is -0.335. The molecule has 3 nitrogen and oxygen atoms in total. The van der Waals surface area contributed by atoms with Crippen molar-refractivity contribution in [3.63, 3.8) is 0 Å². The number of rotatable bonds is 1. The van der Waals surface area contributed by atoms with Crippen LogP contribution in [-0.4, -0.2) is 63.2 Å². The molecule has 90 valence electrons. The van der Waals surface area contributed by atoms with Crippen LogP contribution >= 0.6 is 0 Å². The molecule has 8 heteroatoms. The normalized spacial score (nSPS) is 34.6. The summed E-state index contributed by atoms with van der Waals surface area (Å²) in [5, 5.41) is 0. The van der Waals surface area contributed by atoms with Crippen molar-refractivity contribution in [2.24, 2.45) is 0 Å². The van der Waals surface area contributed by atoms with E-state index in [9.17, 15) is 17.3 Å². The van der Waals surface area contributed by atoms with Crippen LogP contribution in [0.5, 0.6) is 0 Å². The molecular formula is C7H15BF4N2O. The lowest BCUT2D eigenvalue weighted by molar-refractivity contribution is -1.11. The van der Waals surface area contributed by atoms with Crippen LogP contribution in [0, 0.1) is 0 Å². The second-order valence-corrected chi connectivity index (χ2v) is 3.75. The van der Waals surface area contributed by atoms with Gasteiger partial charge >= 0.3 is 7.25 Å². The fourth-order valence-corrected chi connectivity index (χ4v) is 1.92. The molecule has 3 rings (SSSR count). The van der Waals surface area contributed by atoms with Gasteiger partial charge in [-0.05, 0) is 0 Å². The zero-order chi connectivity index (χ0) is 11.5. The molecule has 0 unspecified atom stereocenters.